The number of para-hydroxylation sites is 1. The maximum absolute atomic E-state index is 13.3. The number of halogens is 1. The number of hydrogen-bond donors (Lipinski definition) is 1. The van der Waals surface area contributed by atoms with E-state index < -0.39 is 0 Å². The normalized spacial score (nSPS) is 12.4. The van der Waals surface area contributed by atoms with Gasteiger partial charge in [-0.2, -0.15) is 0 Å². The molecule has 0 radical (unpaired) electrons. The quantitative estimate of drug-likeness (QED) is 0.558. The number of carbonyl (C=O) groups excluding carboxylic acids is 2. The van der Waals surface area contributed by atoms with Crippen LogP contribution in [0, 0.1) is 0 Å². The van der Waals surface area contributed by atoms with E-state index in [9.17, 15) is 9.59 Å². The number of thiophene rings is 1. The molecule has 2 amide bonds. The van der Waals surface area contributed by atoms with Crippen LogP contribution in [-0.2, 0) is 6.42 Å². The Morgan fingerprint density at radius 2 is 1.91 bits per heavy atom. The number of amides is 2. The molecule has 0 saturated carbocycles. The van der Waals surface area contributed by atoms with Crippen LogP contribution in [0.1, 0.15) is 25.6 Å². The summed E-state index contributed by atoms with van der Waals surface area (Å²) in [5.41, 5.74) is 3.14. The minimum Gasteiger partial charge on any atom is -0.493 e. The molecule has 0 atom stereocenters. The topological polar surface area (TPSA) is 61.9 Å². The largest absolute Gasteiger partial charge is 0.493 e. The van der Waals surface area contributed by atoms with Crippen molar-refractivity contribution in [1.82, 2.24) is 10.2 Å². The Hall–Kier alpha value is -2.87. The molecule has 8 heteroatoms. The number of likely N-dealkylation sites (N-methyl/N-ethyl adjacent to an activating group) is 1. The van der Waals surface area contributed by atoms with Crippen LogP contribution in [0.3, 0.4) is 0 Å². The number of ether oxygens (including phenoxy) is 1. The Morgan fingerprint density at radius 3 is 2.67 bits per heavy atom. The molecule has 1 aliphatic rings. The van der Waals surface area contributed by atoms with Crippen LogP contribution in [0.2, 0.25) is 5.02 Å². The van der Waals surface area contributed by atoms with Crippen LogP contribution in [0.25, 0.3) is 10.4 Å². The summed E-state index contributed by atoms with van der Waals surface area (Å²) in [6.07, 6.45) is 0.746. The summed E-state index contributed by atoms with van der Waals surface area (Å²) in [6.45, 7) is 1.87. The van der Waals surface area contributed by atoms with Crippen LogP contribution in [0.4, 0.5) is 5.69 Å². The van der Waals surface area contributed by atoms with Crippen LogP contribution < -0.4 is 15.0 Å². The third kappa shape index (κ3) is 5.05. The van der Waals surface area contributed by atoms with Crippen molar-refractivity contribution in [3.63, 3.8) is 0 Å². The highest BCUT2D eigenvalue weighted by molar-refractivity contribution is 7.17. The third-order valence-electron chi connectivity index (χ3n) is 5.50. The van der Waals surface area contributed by atoms with E-state index in [0.717, 1.165) is 34.7 Å². The maximum Gasteiger partial charge on any atom is 0.268 e. The molecule has 172 valence electrons. The average Bonchev–Trinajstić information content (AvgIpc) is 3.14. The second kappa shape index (κ2) is 9.95. The molecular formula is C25H26ClN3O3S. The highest BCUT2D eigenvalue weighted by Gasteiger charge is 2.24. The molecule has 0 spiro atoms. The van der Waals surface area contributed by atoms with Gasteiger partial charge in [0.2, 0.25) is 0 Å². The monoisotopic (exact) mass is 483 g/mol. The molecule has 2 heterocycles. The molecule has 0 saturated heterocycles. The van der Waals surface area contributed by atoms with Gasteiger partial charge in [-0.05, 0) is 56.1 Å². The van der Waals surface area contributed by atoms with Gasteiger partial charge in [0.1, 0.15) is 5.75 Å². The molecule has 0 fully saturated rings. The summed E-state index contributed by atoms with van der Waals surface area (Å²) in [4.78, 5) is 30.9. The van der Waals surface area contributed by atoms with Gasteiger partial charge < -0.3 is 19.9 Å². The summed E-state index contributed by atoms with van der Waals surface area (Å²) in [5.74, 6) is 0.506. The van der Waals surface area contributed by atoms with E-state index in [1.165, 1.54) is 16.2 Å². The van der Waals surface area contributed by atoms with Gasteiger partial charge in [0, 0.05) is 42.6 Å². The minimum absolute atomic E-state index is 0.142. The van der Waals surface area contributed by atoms with Gasteiger partial charge in [-0.1, -0.05) is 23.7 Å². The second-order valence-electron chi connectivity index (χ2n) is 8.15. The Kier molecular flexibility index (Phi) is 7.02. The molecule has 3 aromatic rings. The zero-order chi connectivity index (χ0) is 23.5. The zero-order valence-corrected chi connectivity index (χ0v) is 20.4. The van der Waals surface area contributed by atoms with Crippen molar-refractivity contribution in [3.8, 4) is 16.2 Å². The smallest absolute Gasteiger partial charge is 0.268 e. The molecule has 1 aromatic heterocycles. The van der Waals surface area contributed by atoms with Gasteiger partial charge in [0.05, 0.1) is 22.2 Å². The zero-order valence-electron chi connectivity index (χ0n) is 18.9. The summed E-state index contributed by atoms with van der Waals surface area (Å²) in [5, 5.41) is 3.22. The summed E-state index contributed by atoms with van der Waals surface area (Å²) >= 11 is 7.94. The third-order valence-corrected chi connectivity index (χ3v) is 7.00. The molecule has 4 rings (SSSR count). The van der Waals surface area contributed by atoms with Crippen LogP contribution >= 0.6 is 22.9 Å². The first-order valence-electron chi connectivity index (χ1n) is 10.7. The van der Waals surface area contributed by atoms with Crippen LogP contribution in [0.15, 0.2) is 48.5 Å². The highest BCUT2D eigenvalue weighted by atomic mass is 35.5. The van der Waals surface area contributed by atoms with E-state index in [4.69, 9.17) is 16.3 Å². The highest BCUT2D eigenvalue weighted by Crippen LogP contribution is 2.41. The molecule has 33 heavy (non-hydrogen) atoms. The van der Waals surface area contributed by atoms with E-state index in [1.54, 1.807) is 25.2 Å². The average molecular weight is 484 g/mol. The summed E-state index contributed by atoms with van der Waals surface area (Å²) < 4.78 is 5.85. The lowest BCUT2D eigenvalue weighted by Gasteiger charge is -2.18. The first-order chi connectivity index (χ1) is 15.8. The van der Waals surface area contributed by atoms with E-state index in [2.05, 4.69) is 5.32 Å². The lowest BCUT2D eigenvalue weighted by molar-refractivity contribution is 0.0950. The molecule has 0 bridgehead atoms. The van der Waals surface area contributed by atoms with Crippen molar-refractivity contribution < 1.29 is 14.3 Å². The number of fused-ring (bicyclic) bond motifs is 3. The van der Waals surface area contributed by atoms with Crippen molar-refractivity contribution in [1.29, 1.82) is 0 Å². The standard InChI is InChI=1S/C25H26ClN3O3S/c1-28(2)12-11-27-24(30)17-8-9-20(19(26)14-17)29(3)25(31)22-15-16-10-13-32-21-7-5-4-6-18(21)23(16)33-22/h4-9,14-15H,10-13H2,1-3H3,(H,27,30). The lowest BCUT2D eigenvalue weighted by Crippen LogP contribution is -2.31. The molecular weight excluding hydrogens is 458 g/mol. The van der Waals surface area contributed by atoms with Crippen molar-refractivity contribution in [3.05, 3.63) is 69.6 Å². The first-order valence-corrected chi connectivity index (χ1v) is 11.9. The van der Waals surface area contributed by atoms with E-state index in [1.807, 2.05) is 49.3 Å². The number of rotatable bonds is 6. The Balaban J connectivity index is 1.53. The van der Waals surface area contributed by atoms with Gasteiger partial charge >= 0.3 is 0 Å². The molecule has 2 aromatic carbocycles. The number of carbonyl (C=O) groups is 2. The van der Waals surface area contributed by atoms with Crippen molar-refractivity contribution in [2.45, 2.75) is 6.42 Å². The maximum atomic E-state index is 13.3. The second-order valence-corrected chi connectivity index (χ2v) is 9.61. The van der Waals surface area contributed by atoms with E-state index >= 15 is 0 Å². The predicted octanol–water partition coefficient (Wildman–Crippen LogP) is 4.57. The van der Waals surface area contributed by atoms with Crippen LogP contribution in [0.5, 0.6) is 5.75 Å². The van der Waals surface area contributed by atoms with Gasteiger partial charge in [-0.25, -0.2) is 0 Å². The summed E-state index contributed by atoms with van der Waals surface area (Å²) in [7, 11) is 5.59. The molecule has 1 N–H and O–H groups in total. The minimum atomic E-state index is -0.192. The number of hydrogen-bond acceptors (Lipinski definition) is 5. The Labute approximate surface area is 202 Å². The lowest BCUT2D eigenvalue weighted by atomic mass is 10.1. The van der Waals surface area contributed by atoms with Gasteiger partial charge in [-0.3, -0.25) is 9.59 Å². The first kappa shape index (κ1) is 23.3. The number of nitrogens with zero attached hydrogens (tertiary/aromatic N) is 2. The summed E-state index contributed by atoms with van der Waals surface area (Å²) in [6, 6.07) is 14.8. The number of anilines is 1. The van der Waals surface area contributed by atoms with Crippen molar-refractivity contribution in [2.24, 2.45) is 0 Å². The van der Waals surface area contributed by atoms with Gasteiger partial charge in [0.25, 0.3) is 11.8 Å². The Bertz CT molecular complexity index is 1190. The Morgan fingerprint density at radius 1 is 1.12 bits per heavy atom. The van der Waals surface area contributed by atoms with Gasteiger partial charge in [-0.15, -0.1) is 11.3 Å². The fourth-order valence-corrected chi connectivity index (χ4v) is 5.21. The predicted molar refractivity (Wildman–Crippen MR) is 134 cm³/mol. The van der Waals surface area contributed by atoms with Crippen molar-refractivity contribution >= 4 is 40.4 Å². The number of benzene rings is 2. The fraction of sp³-hybridized carbons (Fsp3) is 0.280. The molecule has 0 unspecified atom stereocenters. The van der Waals surface area contributed by atoms with Crippen LogP contribution in [-0.4, -0.2) is 57.6 Å². The van der Waals surface area contributed by atoms with Gasteiger partial charge in [0.15, 0.2) is 0 Å². The van der Waals surface area contributed by atoms with E-state index in [-0.39, 0.29) is 11.8 Å². The van der Waals surface area contributed by atoms with Crippen molar-refractivity contribution in [2.75, 3.05) is 45.7 Å². The number of nitrogens with one attached hydrogen (secondary N) is 1. The molecule has 6 nitrogen and oxygen atoms in total. The fourth-order valence-electron chi connectivity index (χ4n) is 3.69. The van der Waals surface area contributed by atoms with E-state index in [0.29, 0.717) is 34.3 Å². The molecule has 1 aliphatic heterocycles. The SMILES string of the molecule is CN(C)CCNC(=O)c1ccc(N(C)C(=O)c2cc3c(s2)-c2ccccc2OCC3)c(Cl)c1. The molecule has 0 aliphatic carbocycles.